The molecule has 0 radical (unpaired) electrons. The highest BCUT2D eigenvalue weighted by Crippen LogP contribution is 2.16. The number of piperazine rings is 1. The Morgan fingerprint density at radius 2 is 1.97 bits per heavy atom. The number of sulfonamides is 1. The van der Waals surface area contributed by atoms with Gasteiger partial charge in [0.1, 0.15) is 24.4 Å². The summed E-state index contributed by atoms with van der Waals surface area (Å²) in [5.41, 5.74) is 1.51. The van der Waals surface area contributed by atoms with E-state index in [4.69, 9.17) is 9.26 Å². The third kappa shape index (κ3) is 6.57. The highest BCUT2D eigenvalue weighted by atomic mass is 127. The fraction of sp³-hybridized carbons (Fsp3) is 0.474. The van der Waals surface area contributed by atoms with Crippen LogP contribution < -0.4 is 10.1 Å². The van der Waals surface area contributed by atoms with E-state index in [9.17, 15) is 8.42 Å². The van der Waals surface area contributed by atoms with Crippen LogP contribution in [0, 0.1) is 6.92 Å². The average molecular weight is 549 g/mol. The van der Waals surface area contributed by atoms with Gasteiger partial charge in [0.2, 0.25) is 10.0 Å². The van der Waals surface area contributed by atoms with Crippen LogP contribution in [0.4, 0.5) is 0 Å². The zero-order valence-corrected chi connectivity index (χ0v) is 20.3. The molecule has 0 amide bonds. The van der Waals surface area contributed by atoms with Gasteiger partial charge in [-0.2, -0.15) is 4.31 Å². The molecule has 2 aromatic rings. The maximum absolute atomic E-state index is 12.5. The minimum Gasteiger partial charge on any atom is -0.491 e. The normalized spacial score (nSPS) is 15.5. The van der Waals surface area contributed by atoms with Gasteiger partial charge < -0.3 is 19.5 Å². The first-order valence-electron chi connectivity index (χ1n) is 9.51. The highest BCUT2D eigenvalue weighted by molar-refractivity contribution is 14.0. The molecule has 1 aliphatic rings. The van der Waals surface area contributed by atoms with Crippen LogP contribution >= 0.6 is 24.0 Å². The quantitative estimate of drug-likeness (QED) is 0.243. The molecule has 0 atom stereocenters. The van der Waals surface area contributed by atoms with Crippen molar-refractivity contribution >= 4 is 40.0 Å². The molecular formula is C19H28IN5O4S. The van der Waals surface area contributed by atoms with Gasteiger partial charge in [-0.3, -0.25) is 4.99 Å². The van der Waals surface area contributed by atoms with Gasteiger partial charge in [0.25, 0.3) is 0 Å². The van der Waals surface area contributed by atoms with E-state index in [2.05, 4.69) is 20.4 Å². The molecule has 9 nitrogen and oxygen atoms in total. The third-order valence-electron chi connectivity index (χ3n) is 4.70. The lowest BCUT2D eigenvalue weighted by atomic mass is 10.2. The number of benzene rings is 1. The minimum absolute atomic E-state index is 0. The molecule has 0 spiro atoms. The summed E-state index contributed by atoms with van der Waals surface area (Å²) in [4.78, 5) is 6.36. The first-order chi connectivity index (χ1) is 14.0. The number of para-hydroxylation sites is 1. The Kier molecular flexibility index (Phi) is 9.37. The van der Waals surface area contributed by atoms with Crippen LogP contribution in [0.5, 0.6) is 5.75 Å². The van der Waals surface area contributed by atoms with Crippen LogP contribution in [0.3, 0.4) is 0 Å². The highest BCUT2D eigenvalue weighted by Gasteiger charge is 2.28. The van der Waals surface area contributed by atoms with Gasteiger partial charge >= 0.3 is 0 Å². The SMILES string of the molecule is CN=C(NCCOc1ccccc1C)N1CCN(S(=O)(=O)Cc2ccon2)CC1.I. The van der Waals surface area contributed by atoms with Gasteiger partial charge in [0, 0.05) is 39.3 Å². The molecule has 1 N–H and O–H groups in total. The topological polar surface area (TPSA) is 100 Å². The number of ether oxygens (including phenoxy) is 1. The number of guanidine groups is 1. The molecule has 1 aliphatic heterocycles. The lowest BCUT2D eigenvalue weighted by Crippen LogP contribution is -2.54. The second-order valence-corrected chi connectivity index (χ2v) is 8.69. The molecule has 0 saturated carbocycles. The van der Waals surface area contributed by atoms with Gasteiger partial charge in [-0.05, 0) is 18.6 Å². The summed E-state index contributed by atoms with van der Waals surface area (Å²) in [5, 5.41) is 6.97. The Morgan fingerprint density at radius 1 is 1.23 bits per heavy atom. The van der Waals surface area contributed by atoms with Crippen molar-refractivity contribution in [3.8, 4) is 5.75 Å². The number of nitrogens with one attached hydrogen (secondary N) is 1. The Hall–Kier alpha value is -1.86. The van der Waals surface area contributed by atoms with Crippen molar-refractivity contribution in [2.75, 3.05) is 46.4 Å². The number of rotatable bonds is 7. The molecule has 0 unspecified atom stereocenters. The van der Waals surface area contributed by atoms with Crippen molar-refractivity contribution < 1.29 is 17.7 Å². The van der Waals surface area contributed by atoms with E-state index in [0.717, 1.165) is 17.3 Å². The van der Waals surface area contributed by atoms with Crippen molar-refractivity contribution in [3.63, 3.8) is 0 Å². The minimum atomic E-state index is -3.41. The van der Waals surface area contributed by atoms with Gasteiger partial charge in [-0.15, -0.1) is 24.0 Å². The van der Waals surface area contributed by atoms with E-state index in [0.29, 0.717) is 45.0 Å². The van der Waals surface area contributed by atoms with Crippen LogP contribution in [0.1, 0.15) is 11.3 Å². The predicted octanol–water partition coefficient (Wildman–Crippen LogP) is 1.70. The summed E-state index contributed by atoms with van der Waals surface area (Å²) < 4.78 is 37.1. The van der Waals surface area contributed by atoms with Crippen LogP contribution in [0.15, 0.2) is 46.1 Å². The molecule has 11 heteroatoms. The second-order valence-electron chi connectivity index (χ2n) is 6.72. The van der Waals surface area contributed by atoms with Crippen LogP contribution in [-0.2, 0) is 15.8 Å². The largest absolute Gasteiger partial charge is 0.491 e. The second kappa shape index (κ2) is 11.5. The van der Waals surface area contributed by atoms with Crippen molar-refractivity contribution in [2.45, 2.75) is 12.7 Å². The Labute approximate surface area is 194 Å². The first kappa shape index (κ1) is 24.4. The molecule has 166 valence electrons. The fourth-order valence-corrected chi connectivity index (χ4v) is 4.57. The molecule has 0 aliphatic carbocycles. The van der Waals surface area contributed by atoms with E-state index >= 15 is 0 Å². The number of nitrogens with zero attached hydrogens (tertiary/aromatic N) is 4. The fourth-order valence-electron chi connectivity index (χ4n) is 3.14. The van der Waals surface area contributed by atoms with Crippen molar-refractivity contribution in [1.82, 2.24) is 19.7 Å². The third-order valence-corrected chi connectivity index (χ3v) is 6.51. The molecule has 0 bridgehead atoms. The molecule has 2 heterocycles. The summed E-state index contributed by atoms with van der Waals surface area (Å²) in [6, 6.07) is 9.46. The van der Waals surface area contributed by atoms with E-state index in [1.807, 2.05) is 31.2 Å². The van der Waals surface area contributed by atoms with E-state index in [-0.39, 0.29) is 29.7 Å². The van der Waals surface area contributed by atoms with Crippen molar-refractivity contribution in [3.05, 3.63) is 47.9 Å². The lowest BCUT2D eigenvalue weighted by Gasteiger charge is -2.35. The zero-order chi connectivity index (χ0) is 20.7. The van der Waals surface area contributed by atoms with Gasteiger partial charge in [0.15, 0.2) is 5.96 Å². The molecule has 30 heavy (non-hydrogen) atoms. The number of aryl methyl sites for hydroxylation is 1. The van der Waals surface area contributed by atoms with Crippen molar-refractivity contribution in [1.29, 1.82) is 0 Å². The number of aromatic nitrogens is 1. The van der Waals surface area contributed by atoms with Crippen LogP contribution in [0.2, 0.25) is 0 Å². The van der Waals surface area contributed by atoms with Crippen molar-refractivity contribution in [2.24, 2.45) is 4.99 Å². The first-order valence-corrected chi connectivity index (χ1v) is 11.1. The number of aliphatic imine (C=N–C) groups is 1. The van der Waals surface area contributed by atoms with E-state index in [1.165, 1.54) is 10.6 Å². The van der Waals surface area contributed by atoms with Gasteiger partial charge in [-0.25, -0.2) is 8.42 Å². The lowest BCUT2D eigenvalue weighted by molar-refractivity contribution is 0.257. The van der Waals surface area contributed by atoms with Gasteiger partial charge in [-0.1, -0.05) is 23.4 Å². The Morgan fingerprint density at radius 3 is 2.60 bits per heavy atom. The summed E-state index contributed by atoms with van der Waals surface area (Å²) in [7, 11) is -1.69. The molecule has 1 fully saturated rings. The van der Waals surface area contributed by atoms with E-state index < -0.39 is 10.0 Å². The molecule has 3 rings (SSSR count). The van der Waals surface area contributed by atoms with Crippen LogP contribution in [0.25, 0.3) is 0 Å². The zero-order valence-electron chi connectivity index (χ0n) is 17.2. The predicted molar refractivity (Wildman–Crippen MR) is 126 cm³/mol. The maximum atomic E-state index is 12.5. The number of hydrogen-bond acceptors (Lipinski definition) is 6. The summed E-state index contributed by atoms with van der Waals surface area (Å²) in [6.07, 6.45) is 1.38. The average Bonchev–Trinajstić information content (AvgIpc) is 3.22. The number of halogens is 1. The monoisotopic (exact) mass is 549 g/mol. The van der Waals surface area contributed by atoms with E-state index in [1.54, 1.807) is 13.1 Å². The molecule has 1 saturated heterocycles. The maximum Gasteiger partial charge on any atom is 0.220 e. The summed E-state index contributed by atoms with van der Waals surface area (Å²) in [6.45, 7) is 5.06. The smallest absolute Gasteiger partial charge is 0.220 e. The number of hydrogen-bond donors (Lipinski definition) is 1. The molecule has 1 aromatic carbocycles. The van der Waals surface area contributed by atoms with Gasteiger partial charge in [0.05, 0.1) is 12.2 Å². The van der Waals surface area contributed by atoms with Crippen LogP contribution in [-0.4, -0.2) is 75.1 Å². The summed E-state index contributed by atoms with van der Waals surface area (Å²) in [5.74, 6) is 1.47. The molecular weight excluding hydrogens is 521 g/mol. The molecule has 1 aromatic heterocycles. The standard InChI is InChI=1S/C19H27N5O4S.HI/c1-16-5-3-4-6-18(16)27-14-8-21-19(20-2)23-9-11-24(12-10-23)29(25,26)15-17-7-13-28-22-17;/h3-7,13H,8-12,14-15H2,1-2H3,(H,20,21);1H. The summed E-state index contributed by atoms with van der Waals surface area (Å²) >= 11 is 0. The Bertz CT molecular complexity index is 913. The Balaban J connectivity index is 0.00000320.